The first kappa shape index (κ1) is 21.9. The molecule has 7 heteroatoms. The number of ether oxygens (including phenoxy) is 1. The Bertz CT molecular complexity index is 851. The Morgan fingerprint density at radius 2 is 1.73 bits per heavy atom. The van der Waals surface area contributed by atoms with E-state index in [1.165, 1.54) is 5.56 Å². The highest BCUT2D eigenvalue weighted by Gasteiger charge is 2.34. The molecule has 0 atom stereocenters. The van der Waals surface area contributed by atoms with Gasteiger partial charge in [-0.3, -0.25) is 14.5 Å². The van der Waals surface area contributed by atoms with Gasteiger partial charge in [0.2, 0.25) is 11.8 Å². The van der Waals surface area contributed by atoms with E-state index in [0.717, 1.165) is 18.5 Å². The van der Waals surface area contributed by atoms with Gasteiger partial charge in [0.25, 0.3) is 0 Å². The van der Waals surface area contributed by atoms with Gasteiger partial charge in [0.05, 0.1) is 13.1 Å². The predicted molar refractivity (Wildman–Crippen MR) is 116 cm³/mol. The zero-order chi connectivity index (χ0) is 21.4. The van der Waals surface area contributed by atoms with Crippen LogP contribution in [0.15, 0.2) is 48.5 Å². The van der Waals surface area contributed by atoms with Crippen molar-refractivity contribution in [2.45, 2.75) is 25.2 Å². The Hall–Kier alpha value is -2.77. The second-order valence-corrected chi connectivity index (χ2v) is 7.92. The molecule has 1 aromatic carbocycles. The lowest BCUT2D eigenvalue weighted by molar-refractivity contribution is -0.123. The van der Waals surface area contributed by atoms with Crippen molar-refractivity contribution in [1.82, 2.24) is 15.2 Å². The van der Waals surface area contributed by atoms with E-state index in [2.05, 4.69) is 27.8 Å². The maximum atomic E-state index is 12.5. The second-order valence-electron chi connectivity index (χ2n) is 7.92. The number of likely N-dealkylation sites (N-methyl/N-ethyl adjacent to an activating group) is 1. The Morgan fingerprint density at radius 3 is 2.43 bits per heavy atom. The summed E-state index contributed by atoms with van der Waals surface area (Å²) in [5.74, 6) is 0.219. The summed E-state index contributed by atoms with van der Waals surface area (Å²) < 4.78 is 5.55. The monoisotopic (exact) mass is 410 g/mol. The molecule has 1 aliphatic rings. The summed E-state index contributed by atoms with van der Waals surface area (Å²) in [6, 6.07) is 15.8. The molecule has 0 bridgehead atoms. The Labute approximate surface area is 177 Å². The van der Waals surface area contributed by atoms with Crippen molar-refractivity contribution >= 4 is 17.6 Å². The van der Waals surface area contributed by atoms with Gasteiger partial charge in [0.15, 0.2) is 0 Å². The smallest absolute Gasteiger partial charge is 0.239 e. The van der Waals surface area contributed by atoms with Gasteiger partial charge in [-0.05, 0) is 44.5 Å². The number of nitrogens with zero attached hydrogens (tertiary/aromatic N) is 2. The van der Waals surface area contributed by atoms with Crippen LogP contribution >= 0.6 is 0 Å². The summed E-state index contributed by atoms with van der Waals surface area (Å²) in [5.41, 5.74) is 1.95. The number of hydrogen-bond acceptors (Lipinski definition) is 5. The van der Waals surface area contributed by atoms with Gasteiger partial charge in [-0.2, -0.15) is 0 Å². The number of amides is 2. The van der Waals surface area contributed by atoms with E-state index in [0.29, 0.717) is 25.6 Å². The fourth-order valence-electron chi connectivity index (χ4n) is 3.79. The fourth-order valence-corrected chi connectivity index (χ4v) is 3.79. The number of aromatic nitrogens is 1. The number of rotatable bonds is 8. The van der Waals surface area contributed by atoms with E-state index in [4.69, 9.17) is 4.74 Å². The standard InChI is InChI=1S/C23H30N4O3/c1-18-7-6-10-20(25-18)26-22(29)16-27(2)15-21(28)24-17-23(11-13-30-14-12-23)19-8-4-3-5-9-19/h3-10H,11-17H2,1-2H3,(H,24,28)(H,25,26,29). The van der Waals surface area contributed by atoms with Crippen molar-refractivity contribution in [1.29, 1.82) is 0 Å². The minimum absolute atomic E-state index is 0.0965. The molecule has 0 unspecified atom stereocenters. The largest absolute Gasteiger partial charge is 0.381 e. The maximum Gasteiger partial charge on any atom is 0.239 e. The van der Waals surface area contributed by atoms with Crippen molar-refractivity contribution in [2.24, 2.45) is 0 Å². The molecule has 3 rings (SSSR count). The van der Waals surface area contributed by atoms with Crippen LogP contribution in [0.4, 0.5) is 5.82 Å². The molecule has 0 saturated carbocycles. The third-order valence-electron chi connectivity index (χ3n) is 5.44. The van der Waals surface area contributed by atoms with Crippen LogP contribution in [-0.2, 0) is 19.7 Å². The highest BCUT2D eigenvalue weighted by Crippen LogP contribution is 2.34. The molecule has 0 spiro atoms. The number of benzene rings is 1. The van der Waals surface area contributed by atoms with Crippen molar-refractivity contribution in [3.63, 3.8) is 0 Å². The molecular weight excluding hydrogens is 380 g/mol. The zero-order valence-electron chi connectivity index (χ0n) is 17.7. The third kappa shape index (κ3) is 6.11. The molecule has 2 heterocycles. The molecular formula is C23H30N4O3. The lowest BCUT2D eigenvalue weighted by Gasteiger charge is -2.38. The van der Waals surface area contributed by atoms with Crippen molar-refractivity contribution in [3.8, 4) is 0 Å². The highest BCUT2D eigenvalue weighted by atomic mass is 16.5. The molecule has 2 N–H and O–H groups in total. The van der Waals surface area contributed by atoms with Crippen LogP contribution < -0.4 is 10.6 Å². The number of hydrogen-bond donors (Lipinski definition) is 2. The molecule has 1 fully saturated rings. The van der Waals surface area contributed by atoms with Crippen LogP contribution in [0.5, 0.6) is 0 Å². The zero-order valence-corrected chi connectivity index (χ0v) is 17.7. The summed E-state index contributed by atoms with van der Waals surface area (Å²) in [5, 5.41) is 5.83. The van der Waals surface area contributed by atoms with Crippen LogP contribution in [-0.4, -0.2) is 61.6 Å². The average Bonchev–Trinajstić information content (AvgIpc) is 2.73. The summed E-state index contributed by atoms with van der Waals surface area (Å²) in [7, 11) is 1.75. The van der Waals surface area contributed by atoms with Crippen LogP contribution in [0.25, 0.3) is 0 Å². The van der Waals surface area contributed by atoms with Crippen molar-refractivity contribution in [3.05, 3.63) is 59.8 Å². The first-order valence-electron chi connectivity index (χ1n) is 10.3. The van der Waals surface area contributed by atoms with Crippen LogP contribution in [0, 0.1) is 6.92 Å². The summed E-state index contributed by atoms with van der Waals surface area (Å²) in [6.07, 6.45) is 1.75. The summed E-state index contributed by atoms with van der Waals surface area (Å²) in [4.78, 5) is 30.7. The Kier molecular flexibility index (Phi) is 7.54. The van der Waals surface area contributed by atoms with Gasteiger partial charge in [0, 0.05) is 30.9 Å². The van der Waals surface area contributed by atoms with E-state index >= 15 is 0 Å². The highest BCUT2D eigenvalue weighted by molar-refractivity contribution is 5.91. The minimum atomic E-state index is -0.200. The van der Waals surface area contributed by atoms with Gasteiger partial charge < -0.3 is 15.4 Å². The van der Waals surface area contributed by atoms with Gasteiger partial charge in [-0.25, -0.2) is 4.98 Å². The topological polar surface area (TPSA) is 83.6 Å². The summed E-state index contributed by atoms with van der Waals surface area (Å²) in [6.45, 7) is 4.08. The van der Waals surface area contributed by atoms with E-state index in [-0.39, 0.29) is 30.3 Å². The van der Waals surface area contributed by atoms with Gasteiger partial charge in [-0.15, -0.1) is 0 Å². The Balaban J connectivity index is 1.49. The Morgan fingerprint density at radius 1 is 1.03 bits per heavy atom. The predicted octanol–water partition coefficient (Wildman–Crippen LogP) is 2.12. The number of aryl methyl sites for hydroxylation is 1. The number of nitrogens with one attached hydrogen (secondary N) is 2. The molecule has 1 aromatic heterocycles. The molecule has 1 aliphatic heterocycles. The molecule has 7 nitrogen and oxygen atoms in total. The van der Waals surface area contributed by atoms with Gasteiger partial charge >= 0.3 is 0 Å². The van der Waals surface area contributed by atoms with Crippen LogP contribution in [0.3, 0.4) is 0 Å². The number of anilines is 1. The number of carbonyl (C=O) groups is 2. The molecule has 30 heavy (non-hydrogen) atoms. The quantitative estimate of drug-likeness (QED) is 0.697. The molecule has 0 radical (unpaired) electrons. The lowest BCUT2D eigenvalue weighted by atomic mass is 9.74. The maximum absolute atomic E-state index is 12.5. The molecule has 0 aliphatic carbocycles. The number of carbonyl (C=O) groups excluding carboxylic acids is 2. The second kappa shape index (κ2) is 10.3. The van der Waals surface area contributed by atoms with Crippen LogP contribution in [0.2, 0.25) is 0 Å². The summed E-state index contributed by atoms with van der Waals surface area (Å²) >= 11 is 0. The first-order valence-corrected chi connectivity index (χ1v) is 10.3. The lowest BCUT2D eigenvalue weighted by Crippen LogP contribution is -2.47. The van der Waals surface area contributed by atoms with Crippen LogP contribution in [0.1, 0.15) is 24.1 Å². The molecule has 2 amide bonds. The minimum Gasteiger partial charge on any atom is -0.381 e. The van der Waals surface area contributed by atoms with Gasteiger partial charge in [0.1, 0.15) is 5.82 Å². The fraction of sp³-hybridized carbons (Fsp3) is 0.435. The van der Waals surface area contributed by atoms with Crippen molar-refractivity contribution in [2.75, 3.05) is 45.2 Å². The van der Waals surface area contributed by atoms with E-state index < -0.39 is 0 Å². The third-order valence-corrected chi connectivity index (χ3v) is 5.44. The average molecular weight is 411 g/mol. The van der Waals surface area contributed by atoms with Gasteiger partial charge in [-0.1, -0.05) is 36.4 Å². The SMILES string of the molecule is Cc1cccc(NC(=O)CN(C)CC(=O)NCC2(c3ccccc3)CCOCC2)n1. The molecule has 160 valence electrons. The first-order chi connectivity index (χ1) is 14.5. The molecule has 1 saturated heterocycles. The normalized spacial score (nSPS) is 15.6. The number of pyridine rings is 1. The van der Waals surface area contributed by atoms with E-state index in [1.807, 2.05) is 37.3 Å². The van der Waals surface area contributed by atoms with E-state index in [1.54, 1.807) is 18.0 Å². The molecule has 2 aromatic rings. The van der Waals surface area contributed by atoms with Crippen molar-refractivity contribution < 1.29 is 14.3 Å². The van der Waals surface area contributed by atoms with E-state index in [9.17, 15) is 9.59 Å².